The Morgan fingerprint density at radius 2 is 1.71 bits per heavy atom. The number of nitrogens with zero attached hydrogens (tertiary/aromatic N) is 3. The summed E-state index contributed by atoms with van der Waals surface area (Å²) in [6.45, 7) is -0.694. The van der Waals surface area contributed by atoms with Crippen molar-refractivity contribution in [2.24, 2.45) is 0 Å². The summed E-state index contributed by atoms with van der Waals surface area (Å²) in [5, 5.41) is 38.7. The lowest BCUT2D eigenvalue weighted by Gasteiger charge is -2.41. The Morgan fingerprint density at radius 3 is 2.34 bits per heavy atom. The number of alkyl halides is 3. The number of aromatic nitrogens is 3. The van der Waals surface area contributed by atoms with Crippen LogP contribution in [0.2, 0.25) is 0 Å². The number of benzene rings is 2. The number of rotatable bonds is 5. The van der Waals surface area contributed by atoms with Gasteiger partial charge in [0.05, 0.1) is 18.4 Å². The third kappa shape index (κ3) is 5.16. The lowest BCUT2D eigenvalue weighted by atomic mass is 9.97. The predicted octanol–water partition coefficient (Wildman–Crippen LogP) is 3.15. The lowest BCUT2D eigenvalue weighted by Crippen LogP contribution is -2.55. The van der Waals surface area contributed by atoms with Gasteiger partial charge in [0.1, 0.15) is 35.5 Å². The van der Waals surface area contributed by atoms with E-state index in [9.17, 15) is 41.7 Å². The number of hydrogen-bond donors (Lipinski definition) is 3. The van der Waals surface area contributed by atoms with Crippen LogP contribution in [-0.4, -0.2) is 60.7 Å². The predicted molar refractivity (Wildman–Crippen MR) is 109 cm³/mol. The third-order valence-electron chi connectivity index (χ3n) is 5.36. The molecule has 1 aliphatic heterocycles. The molecule has 2 heterocycles. The first-order valence-corrected chi connectivity index (χ1v) is 10.9. The number of thioether (sulfide) groups is 1. The van der Waals surface area contributed by atoms with Crippen molar-refractivity contribution < 1.29 is 46.4 Å². The van der Waals surface area contributed by atoms with E-state index in [4.69, 9.17) is 4.74 Å². The number of ether oxygens (including phenoxy) is 1. The van der Waals surface area contributed by atoms with Gasteiger partial charge in [-0.25, -0.2) is 17.9 Å². The zero-order valence-corrected chi connectivity index (χ0v) is 18.2. The molecule has 35 heavy (non-hydrogen) atoms. The molecule has 0 spiro atoms. The molecular weight excluding hydrogens is 504 g/mol. The first-order valence-electron chi connectivity index (χ1n) is 10.0. The molecule has 0 amide bonds. The van der Waals surface area contributed by atoms with Crippen molar-refractivity contribution in [2.45, 2.75) is 40.9 Å². The highest BCUT2D eigenvalue weighted by atomic mass is 32.2. The van der Waals surface area contributed by atoms with Gasteiger partial charge in [0, 0.05) is 10.5 Å². The summed E-state index contributed by atoms with van der Waals surface area (Å²) in [7, 11) is 0. The molecule has 1 fully saturated rings. The van der Waals surface area contributed by atoms with Gasteiger partial charge in [-0.3, -0.25) is 0 Å². The number of aliphatic hydroxyl groups excluding tert-OH is 3. The summed E-state index contributed by atoms with van der Waals surface area (Å²) in [6.07, 6.45) is -7.81. The fourth-order valence-corrected chi connectivity index (χ4v) is 4.73. The Morgan fingerprint density at radius 1 is 1.03 bits per heavy atom. The maximum absolute atomic E-state index is 13.6. The first kappa shape index (κ1) is 25.4. The number of hydrogen-bond acceptors (Lipinski definition) is 7. The van der Waals surface area contributed by atoms with Crippen LogP contribution in [0.4, 0.5) is 26.3 Å². The highest BCUT2D eigenvalue weighted by Gasteiger charge is 2.46. The molecule has 4 rings (SSSR count). The van der Waals surface area contributed by atoms with Gasteiger partial charge >= 0.3 is 6.18 Å². The Kier molecular flexibility index (Phi) is 7.11. The molecule has 0 aliphatic carbocycles. The van der Waals surface area contributed by atoms with Gasteiger partial charge in [-0.2, -0.15) is 13.2 Å². The molecule has 3 N–H and O–H groups in total. The van der Waals surface area contributed by atoms with E-state index in [1.807, 2.05) is 0 Å². The minimum Gasteiger partial charge on any atom is -0.394 e. The smallest absolute Gasteiger partial charge is 0.394 e. The molecule has 188 valence electrons. The topological polar surface area (TPSA) is 101 Å². The molecular formula is C21H17F6N3O4S. The normalized spacial score (nSPS) is 25.1. The van der Waals surface area contributed by atoms with E-state index in [1.54, 1.807) is 0 Å². The van der Waals surface area contributed by atoms with Crippen molar-refractivity contribution in [1.82, 2.24) is 15.0 Å². The fraction of sp³-hybridized carbons (Fsp3) is 0.333. The molecule has 3 aromatic rings. The molecule has 2 aromatic carbocycles. The van der Waals surface area contributed by atoms with Crippen molar-refractivity contribution in [2.75, 3.05) is 6.61 Å². The fourth-order valence-electron chi connectivity index (χ4n) is 3.62. The lowest BCUT2D eigenvalue weighted by molar-refractivity contribution is -0.178. The minimum absolute atomic E-state index is 0.104. The molecule has 0 saturated carbocycles. The van der Waals surface area contributed by atoms with Gasteiger partial charge in [0.25, 0.3) is 0 Å². The van der Waals surface area contributed by atoms with E-state index in [1.165, 1.54) is 12.1 Å². The average molecular weight is 521 g/mol. The maximum atomic E-state index is 13.6. The Hall–Kier alpha value is -2.65. The van der Waals surface area contributed by atoms with Crippen molar-refractivity contribution in [3.05, 3.63) is 65.6 Å². The molecule has 1 aliphatic rings. The van der Waals surface area contributed by atoms with Gasteiger partial charge in [-0.1, -0.05) is 23.0 Å². The quantitative estimate of drug-likeness (QED) is 0.350. The zero-order chi connectivity index (χ0) is 25.5. The standard InChI is InChI=1S/C21H17F6N3O4S/c22-12-4-9(5-13(23)16(12)24)14-7-30(29-28-14)17-18(32)15(8-31)34-20(19(17)33)35-11-3-1-2-10(6-11)21(25,26)27/h1-7,15,17-20,31-33H,8H2/t15?,17-,18-,19?,20+/m0/s1. The van der Waals surface area contributed by atoms with E-state index in [-0.39, 0.29) is 16.2 Å². The summed E-state index contributed by atoms with van der Waals surface area (Å²) < 4.78 is 86.1. The summed E-state index contributed by atoms with van der Waals surface area (Å²) in [5.41, 5.74) is -2.44. The van der Waals surface area contributed by atoms with Crippen LogP contribution < -0.4 is 0 Å². The van der Waals surface area contributed by atoms with Crippen LogP contribution in [0.15, 0.2) is 47.5 Å². The van der Waals surface area contributed by atoms with E-state index in [2.05, 4.69) is 10.3 Å². The van der Waals surface area contributed by atoms with Crippen LogP contribution in [0, 0.1) is 17.5 Å². The molecule has 14 heteroatoms. The SMILES string of the molecule is OCC1O[C@H](Sc2cccc(C(F)(F)F)c2)C(O)[C@@H](n2cc(-c3cc(F)c(F)c(F)c3)nn2)[C@H]1O. The van der Waals surface area contributed by atoms with Crippen molar-refractivity contribution in [3.8, 4) is 11.3 Å². The van der Waals surface area contributed by atoms with E-state index in [0.29, 0.717) is 12.1 Å². The second-order valence-corrected chi connectivity index (χ2v) is 8.85. The van der Waals surface area contributed by atoms with E-state index in [0.717, 1.165) is 34.8 Å². The summed E-state index contributed by atoms with van der Waals surface area (Å²) in [6, 6.07) is 4.36. The highest BCUT2D eigenvalue weighted by molar-refractivity contribution is 7.99. The molecule has 1 aromatic heterocycles. The molecule has 0 bridgehead atoms. The van der Waals surface area contributed by atoms with Crippen molar-refractivity contribution >= 4 is 11.8 Å². The largest absolute Gasteiger partial charge is 0.416 e. The highest BCUT2D eigenvalue weighted by Crippen LogP contribution is 2.40. The van der Waals surface area contributed by atoms with Gasteiger partial charge in [0.15, 0.2) is 17.5 Å². The Labute approximate surface area is 198 Å². The monoisotopic (exact) mass is 521 g/mol. The van der Waals surface area contributed by atoms with Crippen LogP contribution in [0.1, 0.15) is 11.6 Å². The Balaban J connectivity index is 1.63. The second kappa shape index (κ2) is 9.78. The number of halogens is 6. The van der Waals surface area contributed by atoms with Crippen LogP contribution in [-0.2, 0) is 10.9 Å². The molecule has 1 saturated heterocycles. The Bertz CT molecular complexity index is 1190. The van der Waals surface area contributed by atoms with Gasteiger partial charge < -0.3 is 20.1 Å². The third-order valence-corrected chi connectivity index (χ3v) is 6.51. The van der Waals surface area contributed by atoms with Gasteiger partial charge in [-0.05, 0) is 30.3 Å². The maximum Gasteiger partial charge on any atom is 0.416 e. The van der Waals surface area contributed by atoms with Gasteiger partial charge in [0.2, 0.25) is 0 Å². The van der Waals surface area contributed by atoms with Gasteiger partial charge in [-0.15, -0.1) is 5.10 Å². The second-order valence-electron chi connectivity index (χ2n) is 7.68. The first-order chi connectivity index (χ1) is 16.5. The van der Waals surface area contributed by atoms with E-state index >= 15 is 0 Å². The van der Waals surface area contributed by atoms with Crippen LogP contribution in [0.3, 0.4) is 0 Å². The van der Waals surface area contributed by atoms with Crippen LogP contribution in [0.25, 0.3) is 11.3 Å². The minimum atomic E-state index is -4.59. The summed E-state index contributed by atoms with van der Waals surface area (Å²) in [4.78, 5) is 0.104. The van der Waals surface area contributed by atoms with E-state index < -0.39 is 65.6 Å². The van der Waals surface area contributed by atoms with Crippen LogP contribution in [0.5, 0.6) is 0 Å². The zero-order valence-electron chi connectivity index (χ0n) is 17.4. The molecule has 5 atom stereocenters. The van der Waals surface area contributed by atoms with Crippen molar-refractivity contribution in [3.63, 3.8) is 0 Å². The van der Waals surface area contributed by atoms with Crippen molar-refractivity contribution in [1.29, 1.82) is 0 Å². The average Bonchev–Trinajstić information content (AvgIpc) is 3.28. The summed E-state index contributed by atoms with van der Waals surface area (Å²) >= 11 is 0.734. The number of aliphatic hydroxyl groups is 3. The molecule has 7 nitrogen and oxygen atoms in total. The molecule has 0 radical (unpaired) electrons. The molecule has 2 unspecified atom stereocenters. The summed E-state index contributed by atoms with van der Waals surface area (Å²) in [5.74, 6) is -4.59. The van der Waals surface area contributed by atoms with Crippen LogP contribution >= 0.6 is 11.8 Å².